The Hall–Kier alpha value is -5.96. The summed E-state index contributed by atoms with van der Waals surface area (Å²) < 4.78 is 19.2. The van der Waals surface area contributed by atoms with Crippen LogP contribution in [0.4, 0.5) is 0 Å². The SMILES string of the molecule is CCc1nn2c(C)cc(C)nc2c1Cc1ccc(/C=C/CN2CCN(CC34CC(C(=O)N5C6CCCCC6C[C@H]5C(=O)NCCCOCCOCCOCCCNC(=O)CN5CCN(CC(=O)O)CCN(CC(=O)O)CCN(CC(=O)O)CC5)(C3)C4)CC2)cc1. The molecule has 24 heteroatoms. The molecule has 5 heterocycles. The van der Waals surface area contributed by atoms with Crippen LogP contribution in [0.5, 0.6) is 0 Å². The van der Waals surface area contributed by atoms with Crippen LogP contribution in [-0.2, 0) is 55.8 Å². The van der Waals surface area contributed by atoms with Crippen LogP contribution in [0.1, 0.15) is 105 Å². The second kappa shape index (κ2) is 33.1. The number of aryl methyl sites for hydroxylation is 3. The summed E-state index contributed by atoms with van der Waals surface area (Å²) in [5, 5.41) is 39.3. The largest absolute Gasteiger partial charge is 0.480 e. The van der Waals surface area contributed by atoms with Crippen molar-refractivity contribution in [3.63, 3.8) is 0 Å². The molecule has 90 heavy (non-hydrogen) atoms. The summed E-state index contributed by atoms with van der Waals surface area (Å²) in [5.74, 6) is -2.65. The Morgan fingerprint density at radius 3 is 1.74 bits per heavy atom. The third-order valence-electron chi connectivity index (χ3n) is 19.4. The van der Waals surface area contributed by atoms with Gasteiger partial charge in [0.15, 0.2) is 5.65 Å². The molecule has 3 saturated heterocycles. The molecule has 4 aliphatic carbocycles. The maximum atomic E-state index is 14.6. The molecule has 2 unspecified atom stereocenters. The van der Waals surface area contributed by atoms with E-state index in [4.69, 9.17) is 24.3 Å². The van der Waals surface area contributed by atoms with E-state index in [9.17, 15) is 44.1 Å². The molecule has 1 aromatic carbocycles. The van der Waals surface area contributed by atoms with Crippen molar-refractivity contribution in [3.05, 3.63) is 70.2 Å². The fraction of sp³-hybridized carbons (Fsp3) is 0.697. The van der Waals surface area contributed by atoms with Gasteiger partial charge in [-0.25, -0.2) is 9.50 Å². The summed E-state index contributed by atoms with van der Waals surface area (Å²) in [6, 6.07) is 10.7. The van der Waals surface area contributed by atoms with Crippen molar-refractivity contribution >= 4 is 47.4 Å². The van der Waals surface area contributed by atoms with Gasteiger partial charge in [-0.15, -0.1) is 0 Å². The summed E-state index contributed by atoms with van der Waals surface area (Å²) in [7, 11) is 0. The van der Waals surface area contributed by atoms with E-state index in [1.807, 2.05) is 16.3 Å². The van der Waals surface area contributed by atoms with Gasteiger partial charge in [-0.3, -0.25) is 53.3 Å². The number of hydrogen-bond donors (Lipinski definition) is 5. The van der Waals surface area contributed by atoms with Gasteiger partial charge in [0, 0.05) is 147 Å². The predicted molar refractivity (Wildman–Crippen MR) is 339 cm³/mol. The Bertz CT molecular complexity index is 2860. The van der Waals surface area contributed by atoms with Gasteiger partial charge < -0.3 is 50.0 Å². The van der Waals surface area contributed by atoms with Crippen LogP contribution in [0.2, 0.25) is 0 Å². The smallest absolute Gasteiger partial charge is 0.317 e. The molecule has 3 atom stereocenters. The van der Waals surface area contributed by atoms with Crippen molar-refractivity contribution in [3.8, 4) is 0 Å². The Balaban J connectivity index is 0.600. The zero-order valence-electron chi connectivity index (χ0n) is 53.6. The molecule has 5 N–H and O–H groups in total. The number of amides is 3. The highest BCUT2D eigenvalue weighted by Gasteiger charge is 2.73. The summed E-state index contributed by atoms with van der Waals surface area (Å²) in [5.41, 5.74) is 7.79. The number of nitrogens with one attached hydrogen (secondary N) is 2. The van der Waals surface area contributed by atoms with E-state index in [1.54, 1.807) is 14.7 Å². The number of aliphatic carboxylic acids is 3. The maximum Gasteiger partial charge on any atom is 0.317 e. The van der Waals surface area contributed by atoms with Crippen molar-refractivity contribution in [2.24, 2.45) is 16.7 Å². The molecule has 7 aliphatic rings. The lowest BCUT2D eigenvalue weighted by Crippen LogP contribution is -2.72. The van der Waals surface area contributed by atoms with Gasteiger partial charge in [-0.2, -0.15) is 5.10 Å². The minimum absolute atomic E-state index is 0.0323. The van der Waals surface area contributed by atoms with Crippen LogP contribution in [-0.4, -0.2) is 282 Å². The molecule has 0 radical (unpaired) electrons. The first-order valence-corrected chi connectivity index (χ1v) is 33.2. The first kappa shape index (κ1) is 68.4. The highest BCUT2D eigenvalue weighted by atomic mass is 16.5. The van der Waals surface area contributed by atoms with Crippen LogP contribution >= 0.6 is 0 Å². The summed E-state index contributed by atoms with van der Waals surface area (Å²) in [6.07, 6.45) is 15.4. The second-order valence-electron chi connectivity index (χ2n) is 26.3. The maximum absolute atomic E-state index is 14.6. The number of rotatable bonds is 32. The number of benzene rings is 1. The summed E-state index contributed by atoms with van der Waals surface area (Å²) in [4.78, 5) is 95.2. The zero-order valence-corrected chi connectivity index (χ0v) is 53.6. The number of nitrogens with zero attached hydrogens (tertiary/aromatic N) is 10. The lowest BCUT2D eigenvalue weighted by Gasteiger charge is -2.71. The molecule has 7 fully saturated rings. The van der Waals surface area contributed by atoms with E-state index in [0.717, 1.165) is 126 Å². The molecule has 3 amide bonds. The average Bonchev–Trinajstić information content (AvgIpc) is 0.802. The molecule has 24 nitrogen and oxygen atoms in total. The van der Waals surface area contributed by atoms with Crippen LogP contribution < -0.4 is 10.6 Å². The van der Waals surface area contributed by atoms with Gasteiger partial charge in [0.2, 0.25) is 17.7 Å². The van der Waals surface area contributed by atoms with E-state index < -0.39 is 23.9 Å². The highest BCUT2D eigenvalue weighted by molar-refractivity contribution is 5.93. The lowest BCUT2D eigenvalue weighted by atomic mass is 9.34. The Morgan fingerprint density at radius 1 is 0.656 bits per heavy atom. The van der Waals surface area contributed by atoms with Crippen molar-refractivity contribution in [2.45, 2.75) is 110 Å². The van der Waals surface area contributed by atoms with E-state index in [-0.39, 0.29) is 60.8 Å². The molecule has 496 valence electrons. The molecule has 10 rings (SSSR count). The van der Waals surface area contributed by atoms with Crippen LogP contribution in [0.3, 0.4) is 0 Å². The number of hydrogen-bond acceptors (Lipinski definition) is 17. The standard InChI is InChI=1S/C66H100N12O12/c1-4-55-54(62-69-49(2)38-50(3)78(62)70-55)39-52-15-13-51(14-16-52)10-7-19-71-20-30-76(31-21-71)48-65-45-66(46-65,47-65)64(87)77-56-12-6-5-11-53(56)40-57(77)63(86)68-18-9-33-89-35-37-90-36-34-88-32-8-17-67-58(79)41-72-22-24-73(42-59(80)81)26-28-75(44-61(84)85)29-27-74(25-23-72)43-60(82)83/h7,10,13-16,38,53,56-57H,4-6,8-9,11-12,17-37,39-48H2,1-3H3,(H,67,79)(H,68,86)(H,80,81)(H,82,83)(H,84,85)/b10-7+/t53?,56?,57-,65?,66?/m0/s1. The Kier molecular flexibility index (Phi) is 25.1. The van der Waals surface area contributed by atoms with Crippen LogP contribution in [0, 0.1) is 30.6 Å². The predicted octanol–water partition coefficient (Wildman–Crippen LogP) is 3.00. The van der Waals surface area contributed by atoms with Gasteiger partial charge in [-0.05, 0) is 100 Å². The number of fused-ring (bicyclic) bond motifs is 2. The van der Waals surface area contributed by atoms with Gasteiger partial charge in [-0.1, -0.05) is 56.2 Å². The van der Waals surface area contributed by atoms with Gasteiger partial charge in [0.05, 0.1) is 63.7 Å². The average molecular weight is 1250 g/mol. The topological polar surface area (TPSA) is 268 Å². The molecule has 3 aromatic rings. The molecule has 4 saturated carbocycles. The number of piperazine rings is 1. The van der Waals surface area contributed by atoms with Gasteiger partial charge in [0.25, 0.3) is 0 Å². The number of carboxylic acids is 3. The first-order chi connectivity index (χ1) is 43.5. The number of ether oxygens (including phenoxy) is 3. The van der Waals surface area contributed by atoms with Crippen molar-refractivity contribution in [1.82, 2.24) is 59.5 Å². The van der Waals surface area contributed by atoms with Gasteiger partial charge in [0.1, 0.15) is 6.04 Å². The first-order valence-electron chi connectivity index (χ1n) is 33.2. The van der Waals surface area contributed by atoms with Crippen LogP contribution in [0.15, 0.2) is 36.4 Å². The van der Waals surface area contributed by atoms with E-state index in [1.165, 1.54) is 16.7 Å². The molecule has 3 aliphatic heterocycles. The normalized spacial score (nSPS) is 24.3. The zero-order chi connectivity index (χ0) is 63.6. The Labute approximate surface area is 530 Å². The second-order valence-corrected chi connectivity index (χ2v) is 26.3. The quantitative estimate of drug-likeness (QED) is 0.0563. The molecule has 2 bridgehead atoms. The molecular formula is C66H100N12O12. The third-order valence-corrected chi connectivity index (χ3v) is 19.4. The summed E-state index contributed by atoms with van der Waals surface area (Å²) >= 11 is 0. The van der Waals surface area contributed by atoms with Gasteiger partial charge >= 0.3 is 17.9 Å². The summed E-state index contributed by atoms with van der Waals surface area (Å²) in [6.45, 7) is 17.7. The molecule has 0 spiro atoms. The van der Waals surface area contributed by atoms with Crippen molar-refractivity contribution in [1.29, 1.82) is 0 Å². The van der Waals surface area contributed by atoms with Crippen LogP contribution in [0.25, 0.3) is 11.7 Å². The van der Waals surface area contributed by atoms with E-state index in [0.29, 0.717) is 124 Å². The number of carbonyl (C=O) groups is 6. The van der Waals surface area contributed by atoms with E-state index in [2.05, 4.69) is 81.7 Å². The number of carboxylic acid groups (broad SMARTS) is 3. The van der Waals surface area contributed by atoms with Crippen molar-refractivity contribution in [2.75, 3.05) is 171 Å². The lowest BCUT2D eigenvalue weighted by molar-refractivity contribution is -0.225. The monoisotopic (exact) mass is 1250 g/mol. The molecule has 2 aromatic heterocycles. The Morgan fingerprint density at radius 2 is 1.18 bits per heavy atom. The minimum atomic E-state index is -1.02. The fourth-order valence-electron chi connectivity index (χ4n) is 14.9. The highest BCUT2D eigenvalue weighted by Crippen LogP contribution is 2.74. The van der Waals surface area contributed by atoms with Crippen molar-refractivity contribution < 1.29 is 58.3 Å². The fourth-order valence-corrected chi connectivity index (χ4v) is 14.9. The molecular weight excluding hydrogens is 1150 g/mol. The minimum Gasteiger partial charge on any atom is -0.480 e. The number of likely N-dealkylation sites (tertiary alicyclic amines) is 1. The number of carbonyl (C=O) groups excluding carboxylic acids is 3. The number of aromatic nitrogens is 3. The third kappa shape index (κ3) is 19.1. The van der Waals surface area contributed by atoms with E-state index >= 15 is 0 Å².